The fourth-order valence-corrected chi connectivity index (χ4v) is 4.83. The molecule has 3 aliphatic rings. The monoisotopic (exact) mass is 375 g/mol. The van der Waals surface area contributed by atoms with E-state index in [0.717, 1.165) is 37.6 Å². The lowest BCUT2D eigenvalue weighted by molar-refractivity contribution is -0.0567. The first kappa shape index (κ1) is 17.3. The summed E-state index contributed by atoms with van der Waals surface area (Å²) < 4.78 is 32.6. The summed E-state index contributed by atoms with van der Waals surface area (Å²) in [6.45, 7) is 0.607. The number of piperidine rings is 1. The number of rotatable bonds is 5. The Morgan fingerprint density at radius 1 is 1.15 bits per heavy atom. The second-order valence-electron chi connectivity index (χ2n) is 8.42. The standard InChI is InChI=1S/C20H23F2N3O2/c21-14-4-3-13(17(22)7-14)8-20(26)9-15-5-6-16(10-20)25(15)11-18-23-19(24-27-18)12-1-2-12/h3-4,7,12,15-16,26H,1-2,5-6,8-11H2/t15-,16+,20?. The third-order valence-corrected chi connectivity index (χ3v) is 6.28. The van der Waals surface area contributed by atoms with Gasteiger partial charge in [-0.2, -0.15) is 4.98 Å². The average molecular weight is 375 g/mol. The molecule has 5 rings (SSSR count). The van der Waals surface area contributed by atoms with Gasteiger partial charge in [-0.25, -0.2) is 8.78 Å². The first-order valence-corrected chi connectivity index (χ1v) is 9.74. The zero-order chi connectivity index (χ0) is 18.6. The van der Waals surface area contributed by atoms with Crippen LogP contribution in [0.5, 0.6) is 0 Å². The topological polar surface area (TPSA) is 62.4 Å². The molecular weight excluding hydrogens is 352 g/mol. The number of benzene rings is 1. The van der Waals surface area contributed by atoms with Crippen molar-refractivity contribution >= 4 is 0 Å². The smallest absolute Gasteiger partial charge is 0.240 e. The van der Waals surface area contributed by atoms with Crippen LogP contribution in [-0.2, 0) is 13.0 Å². The van der Waals surface area contributed by atoms with Crippen molar-refractivity contribution in [3.05, 3.63) is 47.1 Å². The van der Waals surface area contributed by atoms with Crippen LogP contribution in [0.3, 0.4) is 0 Å². The van der Waals surface area contributed by atoms with Crippen molar-refractivity contribution in [2.24, 2.45) is 0 Å². The first-order valence-electron chi connectivity index (χ1n) is 9.74. The second kappa shape index (κ2) is 6.34. The molecule has 1 N–H and O–H groups in total. The molecule has 3 heterocycles. The molecule has 2 aliphatic heterocycles. The summed E-state index contributed by atoms with van der Waals surface area (Å²) >= 11 is 0. The molecule has 1 aromatic heterocycles. The van der Waals surface area contributed by atoms with Gasteiger partial charge < -0.3 is 9.63 Å². The molecule has 2 saturated heterocycles. The zero-order valence-corrected chi connectivity index (χ0v) is 15.1. The van der Waals surface area contributed by atoms with Gasteiger partial charge in [-0.05, 0) is 50.2 Å². The van der Waals surface area contributed by atoms with E-state index < -0.39 is 17.2 Å². The van der Waals surface area contributed by atoms with Gasteiger partial charge in [-0.1, -0.05) is 11.2 Å². The molecule has 1 unspecified atom stereocenters. The highest BCUT2D eigenvalue weighted by atomic mass is 19.1. The Morgan fingerprint density at radius 3 is 2.56 bits per heavy atom. The van der Waals surface area contributed by atoms with Gasteiger partial charge in [0.25, 0.3) is 0 Å². The van der Waals surface area contributed by atoms with Gasteiger partial charge >= 0.3 is 0 Å². The third-order valence-electron chi connectivity index (χ3n) is 6.28. The van der Waals surface area contributed by atoms with Crippen molar-refractivity contribution in [1.29, 1.82) is 0 Å². The number of fused-ring (bicyclic) bond motifs is 2. The van der Waals surface area contributed by atoms with Crippen molar-refractivity contribution in [2.45, 2.75) is 75.1 Å². The highest BCUT2D eigenvalue weighted by Crippen LogP contribution is 2.43. The molecule has 3 fully saturated rings. The van der Waals surface area contributed by atoms with Gasteiger partial charge in [-0.3, -0.25) is 4.90 Å². The quantitative estimate of drug-likeness (QED) is 0.869. The number of aromatic nitrogens is 2. The normalized spacial score (nSPS) is 30.8. The maximum Gasteiger partial charge on any atom is 0.240 e. The van der Waals surface area contributed by atoms with Crippen LogP contribution >= 0.6 is 0 Å². The van der Waals surface area contributed by atoms with Crippen LogP contribution in [0.15, 0.2) is 22.7 Å². The summed E-state index contributed by atoms with van der Waals surface area (Å²) in [5.74, 6) is 0.748. The van der Waals surface area contributed by atoms with Crippen molar-refractivity contribution in [3.63, 3.8) is 0 Å². The van der Waals surface area contributed by atoms with E-state index in [4.69, 9.17) is 4.52 Å². The lowest BCUT2D eigenvalue weighted by Crippen LogP contribution is -2.51. The first-order chi connectivity index (χ1) is 13.0. The zero-order valence-electron chi connectivity index (χ0n) is 15.1. The van der Waals surface area contributed by atoms with E-state index in [-0.39, 0.29) is 18.5 Å². The number of hydrogen-bond acceptors (Lipinski definition) is 5. The average Bonchev–Trinajstić information content (AvgIpc) is 3.31. The molecule has 2 bridgehead atoms. The summed E-state index contributed by atoms with van der Waals surface area (Å²) in [7, 11) is 0. The summed E-state index contributed by atoms with van der Waals surface area (Å²) in [5.41, 5.74) is -0.590. The predicted octanol–water partition coefficient (Wildman–Crippen LogP) is 3.33. The predicted molar refractivity (Wildman–Crippen MR) is 92.9 cm³/mol. The molecule has 0 amide bonds. The largest absolute Gasteiger partial charge is 0.389 e. The Balaban J connectivity index is 1.28. The van der Waals surface area contributed by atoms with Crippen molar-refractivity contribution in [1.82, 2.24) is 15.0 Å². The molecule has 7 heteroatoms. The van der Waals surface area contributed by atoms with E-state index in [2.05, 4.69) is 15.0 Å². The summed E-state index contributed by atoms with van der Waals surface area (Å²) in [4.78, 5) is 6.87. The Hall–Kier alpha value is -1.86. The number of hydrogen-bond donors (Lipinski definition) is 1. The Kier molecular flexibility index (Phi) is 4.05. The molecule has 2 aromatic rings. The Labute approximate surface area is 156 Å². The minimum atomic E-state index is -0.963. The number of nitrogens with zero attached hydrogens (tertiary/aromatic N) is 3. The van der Waals surface area contributed by atoms with Gasteiger partial charge in [0, 0.05) is 30.5 Å². The summed E-state index contributed by atoms with van der Waals surface area (Å²) in [6.07, 6.45) is 5.65. The van der Waals surface area contributed by atoms with E-state index >= 15 is 0 Å². The molecule has 27 heavy (non-hydrogen) atoms. The molecule has 0 radical (unpaired) electrons. The second-order valence-corrected chi connectivity index (χ2v) is 8.42. The van der Waals surface area contributed by atoms with Crippen LogP contribution in [0.2, 0.25) is 0 Å². The molecule has 1 aliphatic carbocycles. The minimum absolute atomic E-state index is 0.215. The van der Waals surface area contributed by atoms with Gasteiger partial charge in [-0.15, -0.1) is 0 Å². The van der Waals surface area contributed by atoms with Gasteiger partial charge in [0.1, 0.15) is 11.6 Å². The Bertz CT molecular complexity index is 838. The van der Waals surface area contributed by atoms with E-state index in [1.165, 1.54) is 12.1 Å². The van der Waals surface area contributed by atoms with Crippen LogP contribution in [0.4, 0.5) is 8.78 Å². The van der Waals surface area contributed by atoms with Crippen molar-refractivity contribution < 1.29 is 18.4 Å². The number of halogens is 2. The SMILES string of the molecule is OC1(Cc2ccc(F)cc2F)C[C@H]2CC[C@@H](C1)N2Cc1nc(C2CC2)no1. The Morgan fingerprint density at radius 2 is 1.89 bits per heavy atom. The molecule has 0 spiro atoms. The van der Waals surface area contributed by atoms with Crippen LogP contribution in [0.1, 0.15) is 61.7 Å². The molecule has 1 saturated carbocycles. The molecule has 5 nitrogen and oxygen atoms in total. The fourth-order valence-electron chi connectivity index (χ4n) is 4.83. The van der Waals surface area contributed by atoms with E-state index in [1.54, 1.807) is 0 Å². The highest BCUT2D eigenvalue weighted by molar-refractivity contribution is 5.22. The van der Waals surface area contributed by atoms with Crippen LogP contribution in [-0.4, -0.2) is 37.8 Å². The maximum absolute atomic E-state index is 14.0. The minimum Gasteiger partial charge on any atom is -0.389 e. The van der Waals surface area contributed by atoms with Crippen molar-refractivity contribution in [3.8, 4) is 0 Å². The van der Waals surface area contributed by atoms with Crippen LogP contribution < -0.4 is 0 Å². The van der Waals surface area contributed by atoms with Crippen LogP contribution in [0, 0.1) is 11.6 Å². The maximum atomic E-state index is 14.0. The van der Waals surface area contributed by atoms with Gasteiger partial charge in [0.2, 0.25) is 5.89 Å². The fraction of sp³-hybridized carbons (Fsp3) is 0.600. The molecule has 144 valence electrons. The highest BCUT2D eigenvalue weighted by Gasteiger charge is 2.48. The van der Waals surface area contributed by atoms with Crippen LogP contribution in [0.25, 0.3) is 0 Å². The molecular formula is C20H23F2N3O2. The molecule has 1 aromatic carbocycles. The summed E-state index contributed by atoms with van der Waals surface area (Å²) in [6, 6.07) is 4.00. The third kappa shape index (κ3) is 3.38. The lowest BCUT2D eigenvalue weighted by Gasteiger charge is -2.43. The van der Waals surface area contributed by atoms with Gasteiger partial charge in [0.15, 0.2) is 5.82 Å². The summed E-state index contributed by atoms with van der Waals surface area (Å²) in [5, 5.41) is 15.2. The van der Waals surface area contributed by atoms with Crippen molar-refractivity contribution in [2.75, 3.05) is 0 Å². The van der Waals surface area contributed by atoms with Gasteiger partial charge in [0.05, 0.1) is 12.1 Å². The van der Waals surface area contributed by atoms with E-state index in [0.29, 0.717) is 36.8 Å². The van der Waals surface area contributed by atoms with E-state index in [1.807, 2.05) is 0 Å². The lowest BCUT2D eigenvalue weighted by atomic mass is 9.81. The molecule has 3 atom stereocenters. The number of aliphatic hydroxyl groups is 1. The van der Waals surface area contributed by atoms with E-state index in [9.17, 15) is 13.9 Å².